The molecule has 0 saturated heterocycles. The summed E-state index contributed by atoms with van der Waals surface area (Å²) in [5.41, 5.74) is 6.31. The lowest BCUT2D eigenvalue weighted by Crippen LogP contribution is -2.15. The van der Waals surface area contributed by atoms with Crippen molar-refractivity contribution in [3.05, 3.63) is 69.5 Å². The Labute approximate surface area is 125 Å². The van der Waals surface area contributed by atoms with Gasteiger partial charge >= 0.3 is 5.97 Å². The fourth-order valence-electron chi connectivity index (χ4n) is 1.76. The van der Waals surface area contributed by atoms with E-state index in [9.17, 15) is 14.9 Å². The molecule has 0 unspecified atom stereocenters. The Morgan fingerprint density at radius 2 is 2.00 bits per heavy atom. The quantitative estimate of drug-likeness (QED) is 0.302. The third kappa shape index (κ3) is 3.23. The van der Waals surface area contributed by atoms with Gasteiger partial charge in [-0.3, -0.25) is 15.1 Å². The minimum absolute atomic E-state index is 0.00108. The first-order valence-corrected chi connectivity index (χ1v) is 6.20. The molecule has 2 rings (SSSR count). The van der Waals surface area contributed by atoms with E-state index in [1.807, 2.05) is 0 Å². The first-order valence-electron chi connectivity index (χ1n) is 6.20. The van der Waals surface area contributed by atoms with Gasteiger partial charge in [0.05, 0.1) is 10.5 Å². The van der Waals surface area contributed by atoms with Gasteiger partial charge in [-0.15, -0.1) is 0 Å². The van der Waals surface area contributed by atoms with E-state index >= 15 is 0 Å². The molecule has 0 aliphatic rings. The van der Waals surface area contributed by atoms with Crippen LogP contribution in [0.4, 0.5) is 5.69 Å². The highest BCUT2D eigenvalue weighted by Crippen LogP contribution is 2.21. The van der Waals surface area contributed by atoms with Crippen LogP contribution >= 0.6 is 0 Å². The summed E-state index contributed by atoms with van der Waals surface area (Å²) in [5, 5.41) is 14.4. The Balaban J connectivity index is 2.20. The molecule has 112 valence electrons. The summed E-state index contributed by atoms with van der Waals surface area (Å²) in [5.74, 6) is -0.822. The molecule has 2 N–H and O–H groups in total. The largest absolute Gasteiger partial charge is 0.380 e. The van der Waals surface area contributed by atoms with E-state index in [0.717, 1.165) is 0 Å². The fraction of sp³-hybridized carbons (Fsp3) is 0.0714. The molecule has 0 radical (unpaired) electrons. The average Bonchev–Trinajstić information content (AvgIpc) is 2.53. The molecule has 8 heteroatoms. The number of benzene rings is 1. The van der Waals surface area contributed by atoms with Crippen LogP contribution in [0, 0.1) is 17.0 Å². The third-order valence-electron chi connectivity index (χ3n) is 2.92. The summed E-state index contributed by atoms with van der Waals surface area (Å²) in [7, 11) is 0. The first-order chi connectivity index (χ1) is 10.5. The summed E-state index contributed by atoms with van der Waals surface area (Å²) in [6.45, 7) is 1.46. The number of nitrogens with two attached hydrogens (primary N) is 1. The van der Waals surface area contributed by atoms with E-state index in [2.05, 4.69) is 10.1 Å². The maximum Gasteiger partial charge on any atom is 0.366 e. The number of carbonyl (C=O) groups is 1. The van der Waals surface area contributed by atoms with Gasteiger partial charge in [0.1, 0.15) is 0 Å². The van der Waals surface area contributed by atoms with Crippen LogP contribution in [-0.2, 0) is 4.84 Å². The zero-order chi connectivity index (χ0) is 16.1. The molecule has 0 fully saturated rings. The molecule has 2 aromatic rings. The number of rotatable bonds is 4. The number of nitro benzene ring substituents is 1. The Morgan fingerprint density at radius 3 is 2.64 bits per heavy atom. The van der Waals surface area contributed by atoms with Gasteiger partial charge < -0.3 is 10.6 Å². The van der Waals surface area contributed by atoms with Crippen molar-refractivity contribution in [1.82, 2.24) is 4.98 Å². The van der Waals surface area contributed by atoms with Gasteiger partial charge in [0.25, 0.3) is 5.69 Å². The monoisotopic (exact) mass is 300 g/mol. The average molecular weight is 300 g/mol. The van der Waals surface area contributed by atoms with Gasteiger partial charge in [0.15, 0.2) is 5.84 Å². The molecule has 0 spiro atoms. The Bertz CT molecular complexity index is 744. The van der Waals surface area contributed by atoms with Crippen LogP contribution in [0.2, 0.25) is 0 Å². The van der Waals surface area contributed by atoms with Gasteiger partial charge in [-0.1, -0.05) is 11.2 Å². The number of nitrogens with zero attached hydrogens (tertiary/aromatic N) is 3. The van der Waals surface area contributed by atoms with E-state index < -0.39 is 10.9 Å². The summed E-state index contributed by atoms with van der Waals surface area (Å²) < 4.78 is 0. The second-order valence-corrected chi connectivity index (χ2v) is 4.30. The molecule has 0 saturated carbocycles. The first kappa shape index (κ1) is 15.1. The van der Waals surface area contributed by atoms with Gasteiger partial charge in [-0.25, -0.2) is 4.79 Å². The Kier molecular flexibility index (Phi) is 4.42. The zero-order valence-electron chi connectivity index (χ0n) is 11.6. The normalized spacial score (nSPS) is 11.0. The molecule has 22 heavy (non-hydrogen) atoms. The third-order valence-corrected chi connectivity index (χ3v) is 2.92. The second-order valence-electron chi connectivity index (χ2n) is 4.30. The number of aromatic nitrogens is 1. The molecule has 1 aromatic heterocycles. The molecule has 0 bridgehead atoms. The smallest absolute Gasteiger partial charge is 0.366 e. The number of carbonyl (C=O) groups excluding carboxylic acids is 1. The van der Waals surface area contributed by atoms with Crippen molar-refractivity contribution in [3.63, 3.8) is 0 Å². The van der Waals surface area contributed by atoms with E-state index in [1.165, 1.54) is 37.5 Å². The van der Waals surface area contributed by atoms with E-state index in [-0.39, 0.29) is 22.6 Å². The van der Waals surface area contributed by atoms with Gasteiger partial charge in [0.2, 0.25) is 0 Å². The van der Waals surface area contributed by atoms with E-state index in [1.54, 1.807) is 12.1 Å². The van der Waals surface area contributed by atoms with Crippen molar-refractivity contribution in [2.45, 2.75) is 6.92 Å². The zero-order valence-corrected chi connectivity index (χ0v) is 11.6. The molecule has 1 aromatic carbocycles. The molecule has 1 heterocycles. The SMILES string of the molecule is Cc1c(C(=O)ON=C(N)c2ccncc2)cccc1[N+](=O)[O-]. The summed E-state index contributed by atoms with van der Waals surface area (Å²) >= 11 is 0. The topological polar surface area (TPSA) is 121 Å². The van der Waals surface area contributed by atoms with Crippen molar-refractivity contribution in [3.8, 4) is 0 Å². The second kappa shape index (κ2) is 6.44. The molecule has 0 aliphatic heterocycles. The molecular formula is C14H12N4O4. The van der Waals surface area contributed by atoms with Crippen LogP contribution < -0.4 is 5.73 Å². The molecule has 0 atom stereocenters. The fourth-order valence-corrected chi connectivity index (χ4v) is 1.76. The minimum atomic E-state index is -0.821. The predicted molar refractivity (Wildman–Crippen MR) is 78.2 cm³/mol. The summed E-state index contributed by atoms with van der Waals surface area (Å²) in [6.07, 6.45) is 3.04. The predicted octanol–water partition coefficient (Wildman–Crippen LogP) is 1.78. The van der Waals surface area contributed by atoms with Crippen LogP contribution in [0.3, 0.4) is 0 Å². The lowest BCUT2D eigenvalue weighted by Gasteiger charge is -2.04. The number of nitro groups is 1. The van der Waals surface area contributed by atoms with Crippen molar-refractivity contribution >= 4 is 17.5 Å². The van der Waals surface area contributed by atoms with Crippen LogP contribution in [0.25, 0.3) is 0 Å². The minimum Gasteiger partial charge on any atom is -0.380 e. The molecule has 8 nitrogen and oxygen atoms in total. The van der Waals surface area contributed by atoms with E-state index in [4.69, 9.17) is 10.6 Å². The van der Waals surface area contributed by atoms with Crippen LogP contribution in [0.5, 0.6) is 0 Å². The van der Waals surface area contributed by atoms with Crippen molar-refractivity contribution < 1.29 is 14.6 Å². The number of pyridine rings is 1. The molecule has 0 aliphatic carbocycles. The number of amidine groups is 1. The summed E-state index contributed by atoms with van der Waals surface area (Å²) in [4.78, 5) is 30.8. The van der Waals surface area contributed by atoms with Crippen LogP contribution in [-0.4, -0.2) is 21.7 Å². The van der Waals surface area contributed by atoms with Crippen molar-refractivity contribution in [1.29, 1.82) is 0 Å². The van der Waals surface area contributed by atoms with Crippen molar-refractivity contribution in [2.24, 2.45) is 10.9 Å². The Morgan fingerprint density at radius 1 is 1.32 bits per heavy atom. The highest BCUT2D eigenvalue weighted by atomic mass is 16.7. The van der Waals surface area contributed by atoms with Crippen LogP contribution in [0.1, 0.15) is 21.5 Å². The summed E-state index contributed by atoms with van der Waals surface area (Å²) in [6, 6.07) is 7.33. The lowest BCUT2D eigenvalue weighted by atomic mass is 10.1. The molecular weight excluding hydrogens is 288 g/mol. The van der Waals surface area contributed by atoms with Gasteiger partial charge in [-0.05, 0) is 25.1 Å². The van der Waals surface area contributed by atoms with Gasteiger partial charge in [0, 0.05) is 29.6 Å². The van der Waals surface area contributed by atoms with Crippen molar-refractivity contribution in [2.75, 3.05) is 0 Å². The van der Waals surface area contributed by atoms with Gasteiger partial charge in [-0.2, -0.15) is 0 Å². The highest BCUT2D eigenvalue weighted by molar-refractivity contribution is 5.98. The standard InChI is InChI=1S/C14H12N4O4/c1-9-11(3-2-4-12(9)18(20)21)14(19)22-17-13(15)10-5-7-16-8-6-10/h2-8H,1H3,(H2,15,17). The number of hydrogen-bond donors (Lipinski definition) is 1. The number of oxime groups is 1. The maximum absolute atomic E-state index is 12.0. The maximum atomic E-state index is 12.0. The number of hydrogen-bond acceptors (Lipinski definition) is 6. The van der Waals surface area contributed by atoms with E-state index in [0.29, 0.717) is 5.56 Å². The highest BCUT2D eigenvalue weighted by Gasteiger charge is 2.19. The lowest BCUT2D eigenvalue weighted by molar-refractivity contribution is -0.385. The molecule has 0 amide bonds. The van der Waals surface area contributed by atoms with Crippen LogP contribution in [0.15, 0.2) is 47.9 Å². The Hall–Kier alpha value is -3.29.